The Morgan fingerprint density at radius 2 is 2.09 bits per heavy atom. The molecule has 0 atom stereocenters. The number of carboxylic acids is 1. The Morgan fingerprint density at radius 3 is 2.74 bits per heavy atom. The molecule has 0 radical (unpaired) electrons. The summed E-state index contributed by atoms with van der Waals surface area (Å²) in [5.41, 5.74) is 1.74. The predicted molar refractivity (Wildman–Crippen MR) is 87.0 cm³/mol. The van der Waals surface area contributed by atoms with Crippen LogP contribution >= 0.6 is 12.2 Å². The molecule has 1 aromatic carbocycles. The summed E-state index contributed by atoms with van der Waals surface area (Å²) in [6.45, 7) is 0. The first-order valence-corrected chi connectivity index (χ1v) is 7.01. The maximum atomic E-state index is 10.8. The van der Waals surface area contributed by atoms with E-state index in [2.05, 4.69) is 20.3 Å². The topological polar surface area (TPSA) is 96.2 Å². The van der Waals surface area contributed by atoms with E-state index < -0.39 is 5.97 Å². The molecule has 7 nitrogen and oxygen atoms in total. The van der Waals surface area contributed by atoms with Gasteiger partial charge in [-0.3, -0.25) is 4.98 Å². The number of carbonyl (C=O) groups is 1. The van der Waals surface area contributed by atoms with Gasteiger partial charge >= 0.3 is 5.97 Å². The molecule has 8 heteroatoms. The van der Waals surface area contributed by atoms with Gasteiger partial charge in [0, 0.05) is 18.0 Å². The van der Waals surface area contributed by atoms with Gasteiger partial charge in [0.25, 0.3) is 0 Å². The third-order valence-corrected chi connectivity index (χ3v) is 3.31. The second-order valence-electron chi connectivity index (χ2n) is 4.58. The minimum atomic E-state index is -0.968. The molecule has 2 aromatic heterocycles. The van der Waals surface area contributed by atoms with Gasteiger partial charge in [0.1, 0.15) is 0 Å². The van der Waals surface area contributed by atoms with Gasteiger partial charge < -0.3 is 5.11 Å². The number of rotatable bonds is 4. The fraction of sp³-hybridized carbons (Fsp3) is 0. The van der Waals surface area contributed by atoms with Crippen LogP contribution in [0.5, 0.6) is 0 Å². The number of benzene rings is 1. The number of pyridine rings is 1. The summed E-state index contributed by atoms with van der Waals surface area (Å²) in [5.74, 6) is -0.425. The fourth-order valence-corrected chi connectivity index (χ4v) is 2.10. The van der Waals surface area contributed by atoms with Gasteiger partial charge in [0.05, 0.1) is 11.8 Å². The van der Waals surface area contributed by atoms with Crippen molar-refractivity contribution in [1.29, 1.82) is 0 Å². The van der Waals surface area contributed by atoms with Crippen LogP contribution in [0.2, 0.25) is 0 Å². The first kappa shape index (κ1) is 14.8. The standard InChI is InChI=1S/C15H11N5O2S/c21-14(22)11-5-3-10(4-6-11)8-17-20-13(18-19-15(20)23)12-2-1-7-16-9-12/h1-9H,(H,19,23)(H,21,22). The molecule has 2 N–H and O–H groups in total. The molecule has 114 valence electrons. The highest BCUT2D eigenvalue weighted by atomic mass is 32.1. The molecule has 0 aliphatic rings. The Balaban J connectivity index is 1.93. The second-order valence-corrected chi connectivity index (χ2v) is 4.96. The van der Waals surface area contributed by atoms with E-state index in [0.29, 0.717) is 10.6 Å². The molecular formula is C15H11N5O2S. The summed E-state index contributed by atoms with van der Waals surface area (Å²) in [7, 11) is 0. The maximum absolute atomic E-state index is 10.8. The van der Waals surface area contributed by atoms with Crippen molar-refractivity contribution in [2.75, 3.05) is 0 Å². The number of nitrogens with zero attached hydrogens (tertiary/aromatic N) is 4. The predicted octanol–water partition coefficient (Wildman–Crippen LogP) is 2.58. The third-order valence-electron chi connectivity index (χ3n) is 3.05. The Kier molecular flexibility index (Phi) is 4.07. The maximum Gasteiger partial charge on any atom is 0.335 e. The van der Waals surface area contributed by atoms with E-state index >= 15 is 0 Å². The number of hydrogen-bond acceptors (Lipinski definition) is 5. The molecule has 0 unspecified atom stereocenters. The number of nitrogens with one attached hydrogen (secondary N) is 1. The highest BCUT2D eigenvalue weighted by molar-refractivity contribution is 7.71. The van der Waals surface area contributed by atoms with E-state index in [1.54, 1.807) is 36.8 Å². The lowest BCUT2D eigenvalue weighted by atomic mass is 10.1. The number of carboxylic acid groups (broad SMARTS) is 1. The average Bonchev–Trinajstić information content (AvgIpc) is 2.95. The van der Waals surface area contributed by atoms with Gasteiger partial charge in [-0.2, -0.15) is 14.9 Å². The van der Waals surface area contributed by atoms with Gasteiger partial charge in [-0.1, -0.05) is 12.1 Å². The Morgan fingerprint density at radius 1 is 1.30 bits per heavy atom. The smallest absolute Gasteiger partial charge is 0.335 e. The zero-order valence-electron chi connectivity index (χ0n) is 11.7. The van der Waals surface area contributed by atoms with E-state index in [9.17, 15) is 4.79 Å². The zero-order chi connectivity index (χ0) is 16.2. The Bertz CT molecular complexity index is 913. The lowest BCUT2D eigenvalue weighted by Gasteiger charge is -2.00. The Labute approximate surface area is 136 Å². The molecule has 3 rings (SSSR count). The largest absolute Gasteiger partial charge is 0.478 e. The monoisotopic (exact) mass is 325 g/mol. The van der Waals surface area contributed by atoms with Crippen molar-refractivity contribution < 1.29 is 9.90 Å². The summed E-state index contributed by atoms with van der Waals surface area (Å²) < 4.78 is 1.83. The van der Waals surface area contributed by atoms with Crippen molar-refractivity contribution in [3.05, 3.63) is 64.7 Å². The number of aromatic carboxylic acids is 1. The highest BCUT2D eigenvalue weighted by Crippen LogP contribution is 2.15. The summed E-state index contributed by atoms with van der Waals surface area (Å²) in [4.78, 5) is 14.9. The van der Waals surface area contributed by atoms with Crippen molar-refractivity contribution in [1.82, 2.24) is 19.9 Å². The van der Waals surface area contributed by atoms with Crippen molar-refractivity contribution in [2.45, 2.75) is 0 Å². The number of H-pyrrole nitrogens is 1. The SMILES string of the molecule is O=C(O)c1ccc(C=Nn2c(-c3cccnc3)n[nH]c2=S)cc1. The molecule has 0 saturated carbocycles. The van der Waals surface area contributed by atoms with Crippen LogP contribution < -0.4 is 0 Å². The van der Waals surface area contributed by atoms with Crippen molar-refractivity contribution >= 4 is 24.4 Å². The average molecular weight is 325 g/mol. The summed E-state index contributed by atoms with van der Waals surface area (Å²) in [6.07, 6.45) is 4.91. The molecule has 0 fully saturated rings. The van der Waals surface area contributed by atoms with Crippen LogP contribution in [-0.4, -0.2) is 37.1 Å². The molecule has 0 aliphatic carbocycles. The van der Waals surface area contributed by atoms with Gasteiger partial charge in [-0.05, 0) is 42.0 Å². The van der Waals surface area contributed by atoms with Gasteiger partial charge in [0.15, 0.2) is 5.82 Å². The van der Waals surface area contributed by atoms with E-state index in [4.69, 9.17) is 17.3 Å². The second kappa shape index (κ2) is 6.32. The molecule has 0 saturated heterocycles. The van der Waals surface area contributed by atoms with E-state index in [1.165, 1.54) is 16.8 Å². The van der Waals surface area contributed by atoms with Crippen LogP contribution in [0, 0.1) is 4.77 Å². The number of aromatic nitrogens is 4. The van der Waals surface area contributed by atoms with Crippen LogP contribution in [0.4, 0.5) is 0 Å². The van der Waals surface area contributed by atoms with Crippen LogP contribution in [0.25, 0.3) is 11.4 Å². The molecule has 2 heterocycles. The Hall–Kier alpha value is -3.13. The quantitative estimate of drug-likeness (QED) is 0.568. The fourth-order valence-electron chi connectivity index (χ4n) is 1.92. The third kappa shape index (κ3) is 3.22. The molecule has 23 heavy (non-hydrogen) atoms. The van der Waals surface area contributed by atoms with Crippen LogP contribution in [0.1, 0.15) is 15.9 Å². The van der Waals surface area contributed by atoms with Crippen LogP contribution in [0.15, 0.2) is 53.9 Å². The zero-order valence-corrected chi connectivity index (χ0v) is 12.6. The number of aromatic amines is 1. The van der Waals surface area contributed by atoms with Gasteiger partial charge in [0.2, 0.25) is 4.77 Å². The van der Waals surface area contributed by atoms with Gasteiger partial charge in [-0.25, -0.2) is 9.89 Å². The van der Waals surface area contributed by atoms with E-state index in [0.717, 1.165) is 11.1 Å². The molecule has 0 spiro atoms. The van der Waals surface area contributed by atoms with Crippen LogP contribution in [0.3, 0.4) is 0 Å². The van der Waals surface area contributed by atoms with E-state index in [1.807, 2.05) is 6.07 Å². The van der Waals surface area contributed by atoms with Crippen molar-refractivity contribution in [3.8, 4) is 11.4 Å². The summed E-state index contributed by atoms with van der Waals surface area (Å²) >= 11 is 5.18. The van der Waals surface area contributed by atoms with E-state index in [-0.39, 0.29) is 5.56 Å². The molecule has 3 aromatic rings. The lowest BCUT2D eigenvalue weighted by molar-refractivity contribution is 0.0697. The number of hydrogen-bond donors (Lipinski definition) is 2. The molecule has 0 amide bonds. The highest BCUT2D eigenvalue weighted by Gasteiger charge is 2.07. The van der Waals surface area contributed by atoms with Crippen molar-refractivity contribution in [3.63, 3.8) is 0 Å². The minimum absolute atomic E-state index is 0.220. The lowest BCUT2D eigenvalue weighted by Crippen LogP contribution is -1.97. The normalized spacial score (nSPS) is 11.0. The molecule has 0 bridgehead atoms. The van der Waals surface area contributed by atoms with Crippen molar-refractivity contribution in [2.24, 2.45) is 5.10 Å². The first-order chi connectivity index (χ1) is 11.1. The summed E-state index contributed by atoms with van der Waals surface area (Å²) in [5, 5.41) is 20.0. The van der Waals surface area contributed by atoms with Gasteiger partial charge in [-0.15, -0.1) is 0 Å². The van der Waals surface area contributed by atoms with Crippen LogP contribution in [-0.2, 0) is 0 Å². The first-order valence-electron chi connectivity index (χ1n) is 6.60. The molecule has 0 aliphatic heterocycles. The minimum Gasteiger partial charge on any atom is -0.478 e. The summed E-state index contributed by atoms with van der Waals surface area (Å²) in [6, 6.07) is 10.0. The molecular weight excluding hydrogens is 314 g/mol.